The summed E-state index contributed by atoms with van der Waals surface area (Å²) in [6, 6.07) is 0.606. The summed E-state index contributed by atoms with van der Waals surface area (Å²) >= 11 is 1.83. The minimum absolute atomic E-state index is 0.601. The van der Waals surface area contributed by atoms with Crippen molar-refractivity contribution < 1.29 is 0 Å². The van der Waals surface area contributed by atoms with Gasteiger partial charge in [0.2, 0.25) is 5.16 Å². The van der Waals surface area contributed by atoms with Crippen molar-refractivity contribution in [2.75, 3.05) is 6.54 Å². The van der Waals surface area contributed by atoms with Crippen LogP contribution in [-0.4, -0.2) is 38.0 Å². The summed E-state index contributed by atoms with van der Waals surface area (Å²) < 4.78 is 1.77. The van der Waals surface area contributed by atoms with E-state index < -0.39 is 0 Å². The zero-order valence-corrected chi connectivity index (χ0v) is 12.1. The van der Waals surface area contributed by atoms with Crippen LogP contribution in [0.4, 0.5) is 0 Å². The maximum absolute atomic E-state index is 4.09. The van der Waals surface area contributed by atoms with Crippen molar-refractivity contribution in [1.29, 1.82) is 0 Å². The number of nitrogens with zero attached hydrogens (tertiary/aromatic N) is 4. The van der Waals surface area contributed by atoms with Gasteiger partial charge < -0.3 is 5.32 Å². The van der Waals surface area contributed by atoms with Gasteiger partial charge in [-0.1, -0.05) is 37.9 Å². The van der Waals surface area contributed by atoms with Crippen molar-refractivity contribution in [2.45, 2.75) is 61.9 Å². The molecule has 2 unspecified atom stereocenters. The predicted molar refractivity (Wildman–Crippen MR) is 73.6 cm³/mol. The Bertz CT molecular complexity index is 354. The van der Waals surface area contributed by atoms with Crippen molar-refractivity contribution in [1.82, 2.24) is 25.5 Å². The van der Waals surface area contributed by atoms with E-state index in [1.165, 1.54) is 38.5 Å². The van der Waals surface area contributed by atoms with Gasteiger partial charge in [-0.2, -0.15) is 0 Å². The fourth-order valence-corrected chi connectivity index (χ4v) is 3.66. The zero-order chi connectivity index (χ0) is 12.8. The average Bonchev–Trinajstić information content (AvgIpc) is 2.64. The maximum atomic E-state index is 4.09. The molecule has 2 atom stereocenters. The van der Waals surface area contributed by atoms with Gasteiger partial charge in [-0.3, -0.25) is 0 Å². The Morgan fingerprint density at radius 1 is 1.33 bits per heavy atom. The SMILES string of the molecule is CCCNC1CCCCCC1Sc1nnnn1C. The highest BCUT2D eigenvalue weighted by Gasteiger charge is 2.25. The highest BCUT2D eigenvalue weighted by Crippen LogP contribution is 2.31. The molecule has 0 spiro atoms. The quantitative estimate of drug-likeness (QED) is 0.829. The first-order chi connectivity index (χ1) is 8.81. The van der Waals surface area contributed by atoms with Crippen molar-refractivity contribution in [2.24, 2.45) is 7.05 Å². The number of tetrazole rings is 1. The second kappa shape index (κ2) is 7.09. The lowest BCUT2D eigenvalue weighted by Crippen LogP contribution is -2.38. The average molecular weight is 269 g/mol. The van der Waals surface area contributed by atoms with Crippen LogP contribution in [0, 0.1) is 0 Å². The molecular formula is C12H23N5S. The summed E-state index contributed by atoms with van der Waals surface area (Å²) in [4.78, 5) is 0. The molecule has 2 rings (SSSR count). The first-order valence-corrected chi connectivity index (χ1v) is 7.81. The molecule has 0 amide bonds. The Kier molecular flexibility index (Phi) is 5.44. The molecule has 1 saturated carbocycles. The summed E-state index contributed by atoms with van der Waals surface area (Å²) in [6.07, 6.45) is 7.77. The monoisotopic (exact) mass is 269 g/mol. The Morgan fingerprint density at radius 3 is 2.89 bits per heavy atom. The van der Waals surface area contributed by atoms with Crippen molar-refractivity contribution in [3.63, 3.8) is 0 Å². The van der Waals surface area contributed by atoms with Crippen LogP contribution in [0.25, 0.3) is 0 Å². The van der Waals surface area contributed by atoms with Gasteiger partial charge in [0.05, 0.1) is 0 Å². The molecule has 0 bridgehead atoms. The lowest BCUT2D eigenvalue weighted by atomic mass is 10.1. The van der Waals surface area contributed by atoms with E-state index in [1.807, 2.05) is 18.8 Å². The van der Waals surface area contributed by atoms with Crippen LogP contribution >= 0.6 is 11.8 Å². The molecule has 5 nitrogen and oxygen atoms in total. The highest BCUT2D eigenvalue weighted by atomic mass is 32.2. The smallest absolute Gasteiger partial charge is 0.209 e. The lowest BCUT2D eigenvalue weighted by Gasteiger charge is -2.25. The van der Waals surface area contributed by atoms with E-state index in [-0.39, 0.29) is 0 Å². The van der Waals surface area contributed by atoms with Crippen LogP contribution in [0.2, 0.25) is 0 Å². The predicted octanol–water partition coefficient (Wildman–Crippen LogP) is 2.00. The van der Waals surface area contributed by atoms with E-state index in [9.17, 15) is 0 Å². The van der Waals surface area contributed by atoms with Gasteiger partial charge in [0, 0.05) is 18.3 Å². The van der Waals surface area contributed by atoms with E-state index in [0.717, 1.165) is 11.7 Å². The molecular weight excluding hydrogens is 246 g/mol. The van der Waals surface area contributed by atoms with Gasteiger partial charge in [0.25, 0.3) is 0 Å². The van der Waals surface area contributed by atoms with Crippen LogP contribution in [-0.2, 0) is 7.05 Å². The zero-order valence-electron chi connectivity index (χ0n) is 11.3. The Hall–Kier alpha value is -0.620. The third kappa shape index (κ3) is 3.68. The number of hydrogen-bond donors (Lipinski definition) is 1. The molecule has 102 valence electrons. The highest BCUT2D eigenvalue weighted by molar-refractivity contribution is 7.99. The Morgan fingerprint density at radius 2 is 2.17 bits per heavy atom. The van der Waals surface area contributed by atoms with E-state index in [4.69, 9.17) is 0 Å². The van der Waals surface area contributed by atoms with E-state index in [0.29, 0.717) is 11.3 Å². The number of hydrogen-bond acceptors (Lipinski definition) is 5. The minimum atomic E-state index is 0.601. The molecule has 1 fully saturated rings. The summed E-state index contributed by atoms with van der Waals surface area (Å²) in [5.74, 6) is 0. The summed E-state index contributed by atoms with van der Waals surface area (Å²) in [5, 5.41) is 16.9. The van der Waals surface area contributed by atoms with Gasteiger partial charge in [0.15, 0.2) is 0 Å². The number of aryl methyl sites for hydroxylation is 1. The van der Waals surface area contributed by atoms with Gasteiger partial charge >= 0.3 is 0 Å². The molecule has 1 heterocycles. The Labute approximate surface area is 113 Å². The lowest BCUT2D eigenvalue weighted by molar-refractivity contribution is 0.469. The molecule has 1 aliphatic carbocycles. The van der Waals surface area contributed by atoms with Crippen molar-refractivity contribution in [3.05, 3.63) is 0 Å². The summed E-state index contributed by atoms with van der Waals surface area (Å²) in [7, 11) is 1.91. The van der Waals surface area contributed by atoms with E-state index in [1.54, 1.807) is 4.68 Å². The fraction of sp³-hybridized carbons (Fsp3) is 0.917. The first-order valence-electron chi connectivity index (χ1n) is 6.93. The van der Waals surface area contributed by atoms with Crippen LogP contribution in [0.5, 0.6) is 0 Å². The van der Waals surface area contributed by atoms with Gasteiger partial charge in [0.1, 0.15) is 0 Å². The Balaban J connectivity index is 1.98. The normalized spacial score (nSPS) is 25.0. The fourth-order valence-electron chi connectivity index (χ4n) is 2.43. The second-order valence-corrected chi connectivity index (χ2v) is 6.15. The first kappa shape index (κ1) is 13.8. The standard InChI is InChI=1S/C12H23N5S/c1-3-9-13-10-7-5-4-6-8-11(10)18-12-14-15-16-17(12)2/h10-11,13H,3-9H2,1-2H3. The van der Waals surface area contributed by atoms with Crippen LogP contribution in [0.1, 0.15) is 45.4 Å². The number of nitrogens with one attached hydrogen (secondary N) is 1. The molecule has 1 aliphatic rings. The van der Waals surface area contributed by atoms with E-state index >= 15 is 0 Å². The van der Waals surface area contributed by atoms with Gasteiger partial charge in [-0.25, -0.2) is 4.68 Å². The molecule has 1 aromatic rings. The van der Waals surface area contributed by atoms with Crippen LogP contribution in [0.3, 0.4) is 0 Å². The largest absolute Gasteiger partial charge is 0.313 e. The van der Waals surface area contributed by atoms with Crippen LogP contribution < -0.4 is 5.32 Å². The number of rotatable bonds is 5. The third-order valence-corrected chi connectivity index (χ3v) is 4.87. The van der Waals surface area contributed by atoms with Crippen LogP contribution in [0.15, 0.2) is 5.16 Å². The number of aromatic nitrogens is 4. The minimum Gasteiger partial charge on any atom is -0.313 e. The molecule has 18 heavy (non-hydrogen) atoms. The second-order valence-electron chi connectivity index (χ2n) is 4.94. The van der Waals surface area contributed by atoms with E-state index in [2.05, 4.69) is 27.8 Å². The summed E-state index contributed by atoms with van der Waals surface area (Å²) in [5.41, 5.74) is 0. The molecule has 0 aliphatic heterocycles. The van der Waals surface area contributed by atoms with Crippen molar-refractivity contribution in [3.8, 4) is 0 Å². The molecule has 6 heteroatoms. The molecule has 1 aromatic heterocycles. The molecule has 0 saturated heterocycles. The summed E-state index contributed by atoms with van der Waals surface area (Å²) in [6.45, 7) is 3.33. The number of thioether (sulfide) groups is 1. The van der Waals surface area contributed by atoms with Gasteiger partial charge in [-0.05, 0) is 36.2 Å². The van der Waals surface area contributed by atoms with Gasteiger partial charge in [-0.15, -0.1) is 5.10 Å². The molecule has 1 N–H and O–H groups in total. The maximum Gasteiger partial charge on any atom is 0.209 e. The molecule has 0 aromatic carbocycles. The topological polar surface area (TPSA) is 55.6 Å². The van der Waals surface area contributed by atoms with Crippen molar-refractivity contribution >= 4 is 11.8 Å². The third-order valence-electron chi connectivity index (χ3n) is 3.45. The molecule has 0 radical (unpaired) electrons.